The molecule has 2 rings (SSSR count). The molecule has 0 aromatic rings. The molecule has 2 bridgehead atoms. The zero-order valence-electron chi connectivity index (χ0n) is 24.6. The highest BCUT2D eigenvalue weighted by molar-refractivity contribution is 6.23. The van der Waals surface area contributed by atoms with Gasteiger partial charge in [-0.3, -0.25) is 14.4 Å². The van der Waals surface area contributed by atoms with Crippen LogP contribution in [0.25, 0.3) is 0 Å². The second kappa shape index (κ2) is 15.5. The van der Waals surface area contributed by atoms with Crippen LogP contribution in [0.2, 0.25) is 0 Å². The van der Waals surface area contributed by atoms with E-state index >= 15 is 0 Å². The van der Waals surface area contributed by atoms with Crippen LogP contribution in [0, 0.1) is 18.8 Å². The number of aliphatic hydroxyl groups is 1. The van der Waals surface area contributed by atoms with Gasteiger partial charge in [0.2, 0.25) is 11.6 Å². The van der Waals surface area contributed by atoms with Gasteiger partial charge in [0.05, 0.1) is 23.6 Å². The third kappa shape index (κ3) is 8.97. The number of aliphatic hydroxyl groups excluding tert-OH is 1. The van der Waals surface area contributed by atoms with Crippen molar-refractivity contribution in [3.8, 4) is 0 Å². The van der Waals surface area contributed by atoms with E-state index in [4.69, 9.17) is 19.9 Å². The number of Topliss-reactive ketones (excluding diaryl/α,β-unsaturated/α-hetero) is 1. The zero-order valence-corrected chi connectivity index (χ0v) is 24.6. The van der Waals surface area contributed by atoms with Crippen molar-refractivity contribution in [2.75, 3.05) is 20.8 Å². The van der Waals surface area contributed by atoms with Gasteiger partial charge in [0, 0.05) is 43.9 Å². The molecular formula is C30H42N3O8. The van der Waals surface area contributed by atoms with E-state index in [0.29, 0.717) is 12.0 Å². The lowest BCUT2D eigenvalue weighted by Gasteiger charge is -2.30. The number of carbonyl (C=O) groups is 4. The minimum absolute atomic E-state index is 0.132. The minimum atomic E-state index is -1.000. The van der Waals surface area contributed by atoms with Gasteiger partial charge in [0.15, 0.2) is 6.10 Å². The predicted molar refractivity (Wildman–Crippen MR) is 153 cm³/mol. The Morgan fingerprint density at radius 2 is 1.88 bits per heavy atom. The van der Waals surface area contributed by atoms with Crippen LogP contribution in [0.1, 0.15) is 40.5 Å². The van der Waals surface area contributed by atoms with Crippen molar-refractivity contribution >= 4 is 23.6 Å². The quantitative estimate of drug-likeness (QED) is 0.285. The summed E-state index contributed by atoms with van der Waals surface area (Å²) in [6.45, 7) is 10.9. The van der Waals surface area contributed by atoms with E-state index in [0.717, 1.165) is 6.08 Å². The molecule has 41 heavy (non-hydrogen) atoms. The molecule has 225 valence electrons. The molecule has 11 nitrogen and oxygen atoms in total. The third-order valence-electron chi connectivity index (χ3n) is 7.10. The highest BCUT2D eigenvalue weighted by Gasteiger charge is 2.33. The Hall–Kier alpha value is -3.54. The van der Waals surface area contributed by atoms with Crippen LogP contribution in [0.15, 0.2) is 58.5 Å². The molecular weight excluding hydrogens is 530 g/mol. The topological polar surface area (TPSA) is 166 Å². The first kappa shape index (κ1) is 33.7. The molecule has 2 amide bonds. The fraction of sp³-hybridized carbons (Fsp3) is 0.500. The van der Waals surface area contributed by atoms with Gasteiger partial charge in [0.1, 0.15) is 6.10 Å². The summed E-state index contributed by atoms with van der Waals surface area (Å²) in [6.07, 6.45) is 3.77. The van der Waals surface area contributed by atoms with E-state index < -0.39 is 53.9 Å². The van der Waals surface area contributed by atoms with Crippen LogP contribution >= 0.6 is 0 Å². The molecule has 11 heteroatoms. The number of hydrogen-bond donors (Lipinski definition) is 4. The molecule has 5 N–H and O–H groups in total. The van der Waals surface area contributed by atoms with E-state index in [9.17, 15) is 24.3 Å². The van der Waals surface area contributed by atoms with E-state index in [1.807, 2.05) is 6.92 Å². The van der Waals surface area contributed by atoms with E-state index in [-0.39, 0.29) is 41.4 Å². The first-order valence-corrected chi connectivity index (χ1v) is 13.5. The Labute approximate surface area is 241 Å². The second-order valence-corrected chi connectivity index (χ2v) is 10.4. The van der Waals surface area contributed by atoms with Crippen molar-refractivity contribution < 1.29 is 38.5 Å². The molecule has 0 spiro atoms. The molecule has 0 fully saturated rings. The standard InChI is InChI=1S/C30H42N3O8/c1-8-32-25-20-12-16(2)13-24(40-7)26(35)18(4)14-19(5)28(41-30(31)38)23(39-6)11-9-10-17(3)29(37)33-21(27(20)36)15-22(25)34/h9-11,14-16,18,23-24,26,28,32,35H,1,8,12-13H2,2-7H3,(H2,31,38)(H,33,37)/b11-9-,17-10+,19-14+/t16-,18+,23+,24+,26+,28+/m1/s1. The van der Waals surface area contributed by atoms with Crippen LogP contribution in [0.4, 0.5) is 4.79 Å². The van der Waals surface area contributed by atoms with Crippen molar-refractivity contribution in [3.63, 3.8) is 0 Å². The van der Waals surface area contributed by atoms with Gasteiger partial charge in [0.25, 0.3) is 5.91 Å². The minimum Gasteiger partial charge on any atom is -0.439 e. The van der Waals surface area contributed by atoms with Crippen molar-refractivity contribution in [2.24, 2.45) is 17.6 Å². The molecule has 2 aliphatic rings. The van der Waals surface area contributed by atoms with Gasteiger partial charge >= 0.3 is 6.09 Å². The zero-order chi connectivity index (χ0) is 30.9. The summed E-state index contributed by atoms with van der Waals surface area (Å²) in [7, 11) is 2.92. The number of hydrogen-bond acceptors (Lipinski definition) is 9. The second-order valence-electron chi connectivity index (χ2n) is 10.4. The van der Waals surface area contributed by atoms with Crippen molar-refractivity contribution in [2.45, 2.75) is 65.0 Å². The van der Waals surface area contributed by atoms with E-state index in [2.05, 4.69) is 17.6 Å². The average Bonchev–Trinajstić information content (AvgIpc) is 2.92. The number of primary amides is 1. The first-order valence-electron chi connectivity index (χ1n) is 13.5. The Morgan fingerprint density at radius 1 is 1.20 bits per heavy atom. The van der Waals surface area contributed by atoms with Crippen LogP contribution in [0.5, 0.6) is 0 Å². The molecule has 1 aliphatic heterocycles. The fourth-order valence-electron chi connectivity index (χ4n) is 4.90. The van der Waals surface area contributed by atoms with Gasteiger partial charge in [-0.15, -0.1) is 0 Å². The Kier molecular flexibility index (Phi) is 12.7. The van der Waals surface area contributed by atoms with Gasteiger partial charge in [-0.05, 0) is 45.1 Å². The average molecular weight is 573 g/mol. The first-order chi connectivity index (χ1) is 19.3. The number of nitrogens with two attached hydrogens (primary N) is 1. The molecule has 1 heterocycles. The van der Waals surface area contributed by atoms with Crippen LogP contribution < -0.4 is 16.4 Å². The largest absolute Gasteiger partial charge is 0.439 e. The normalized spacial score (nSPS) is 32.2. The molecule has 1 radical (unpaired) electrons. The van der Waals surface area contributed by atoms with Crippen molar-refractivity contribution in [3.05, 3.63) is 65.4 Å². The summed E-state index contributed by atoms with van der Waals surface area (Å²) in [5.74, 6) is -2.14. The molecule has 6 atom stereocenters. The number of fused-ring (bicyclic) bond motifs is 2. The summed E-state index contributed by atoms with van der Waals surface area (Å²) in [4.78, 5) is 51.0. The van der Waals surface area contributed by atoms with E-state index in [1.165, 1.54) is 20.3 Å². The van der Waals surface area contributed by atoms with Crippen LogP contribution in [0.3, 0.4) is 0 Å². The number of rotatable bonds is 5. The highest BCUT2D eigenvalue weighted by atomic mass is 16.6. The van der Waals surface area contributed by atoms with Gasteiger partial charge in [-0.25, -0.2) is 4.79 Å². The number of methoxy groups -OCH3 is 2. The maximum atomic E-state index is 13.5. The monoisotopic (exact) mass is 572 g/mol. The number of amides is 2. The Balaban J connectivity index is 2.61. The molecule has 1 aliphatic carbocycles. The van der Waals surface area contributed by atoms with Crippen molar-refractivity contribution in [1.29, 1.82) is 0 Å². The summed E-state index contributed by atoms with van der Waals surface area (Å²) in [5.41, 5.74) is 6.40. The predicted octanol–water partition coefficient (Wildman–Crippen LogP) is 2.19. The fourth-order valence-corrected chi connectivity index (χ4v) is 4.90. The van der Waals surface area contributed by atoms with E-state index in [1.54, 1.807) is 39.0 Å². The molecule has 0 aromatic heterocycles. The summed E-state index contributed by atoms with van der Waals surface area (Å²) in [5, 5.41) is 16.6. The van der Waals surface area contributed by atoms with Gasteiger partial charge in [-0.1, -0.05) is 38.2 Å². The van der Waals surface area contributed by atoms with Gasteiger partial charge in [-0.2, -0.15) is 0 Å². The summed E-state index contributed by atoms with van der Waals surface area (Å²) >= 11 is 0. The van der Waals surface area contributed by atoms with Crippen LogP contribution in [-0.4, -0.2) is 73.9 Å². The number of ketones is 2. The van der Waals surface area contributed by atoms with Crippen molar-refractivity contribution in [1.82, 2.24) is 10.6 Å². The lowest BCUT2D eigenvalue weighted by atomic mass is 9.85. The van der Waals surface area contributed by atoms with Gasteiger partial charge < -0.3 is 35.7 Å². The number of nitrogens with one attached hydrogen (secondary N) is 2. The maximum Gasteiger partial charge on any atom is 0.405 e. The number of allylic oxidation sites excluding steroid dienone is 4. The molecule has 0 aromatic carbocycles. The SMILES string of the molecule is [CH2]CNC1=C2C[C@@H](C)C[C@H](OC)[C@@H](O)[C@@H](C)/C=C(\C)[C@H](OC(N)=O)[C@@H](OC)/C=C\C=C(/C)C(=O)NC(=CC1=O)C2=O. The Morgan fingerprint density at radius 3 is 2.46 bits per heavy atom. The summed E-state index contributed by atoms with van der Waals surface area (Å²) < 4.78 is 16.5. The highest BCUT2D eigenvalue weighted by Crippen LogP contribution is 2.28. The number of ether oxygens (including phenoxy) is 3. The molecule has 0 unspecified atom stereocenters. The molecule has 0 saturated carbocycles. The number of carbonyl (C=O) groups excluding carboxylic acids is 4. The Bertz CT molecular complexity index is 1170. The van der Waals surface area contributed by atoms with Crippen LogP contribution in [-0.2, 0) is 28.6 Å². The molecule has 0 saturated heterocycles. The third-order valence-corrected chi connectivity index (χ3v) is 7.10. The lowest BCUT2D eigenvalue weighted by Crippen LogP contribution is -2.37. The lowest BCUT2D eigenvalue weighted by molar-refractivity contribution is -0.120. The summed E-state index contributed by atoms with van der Waals surface area (Å²) in [6, 6.07) is 0. The smallest absolute Gasteiger partial charge is 0.405 e. The maximum absolute atomic E-state index is 13.5.